The summed E-state index contributed by atoms with van der Waals surface area (Å²) < 4.78 is 13.0. The van der Waals surface area contributed by atoms with E-state index < -0.39 is 0 Å². The molecule has 5 nitrogen and oxygen atoms in total. The van der Waals surface area contributed by atoms with E-state index in [1.807, 2.05) is 60.9 Å². The number of pyridine rings is 1. The molecule has 1 heterocycles. The van der Waals surface area contributed by atoms with Gasteiger partial charge in [0.15, 0.2) is 5.78 Å². The molecule has 4 aromatic rings. The number of rotatable bonds is 8. The van der Waals surface area contributed by atoms with Crippen LogP contribution >= 0.6 is 0 Å². The number of ketones is 1. The molecule has 0 bridgehead atoms. The first-order valence-electron chi connectivity index (χ1n) is 10.7. The maximum atomic E-state index is 13.4. The van der Waals surface area contributed by atoms with Crippen molar-refractivity contribution in [3.05, 3.63) is 106 Å². The highest BCUT2D eigenvalue weighted by molar-refractivity contribution is 6.10. The SMILES string of the molecule is CCOc1ccc(C(=O)c2cn(Cc3ccccc3)c3ccc(OCC)cc3c2=O)cc1. The zero-order valence-corrected chi connectivity index (χ0v) is 18.2. The highest BCUT2D eigenvalue weighted by atomic mass is 16.5. The van der Waals surface area contributed by atoms with Gasteiger partial charge in [0.25, 0.3) is 0 Å². The van der Waals surface area contributed by atoms with E-state index in [2.05, 4.69) is 0 Å². The van der Waals surface area contributed by atoms with Crippen molar-refractivity contribution in [3.63, 3.8) is 0 Å². The van der Waals surface area contributed by atoms with Crippen molar-refractivity contribution in [2.45, 2.75) is 20.4 Å². The summed E-state index contributed by atoms with van der Waals surface area (Å²) in [5.74, 6) is 0.975. The topological polar surface area (TPSA) is 57.5 Å². The Morgan fingerprint density at radius 2 is 1.50 bits per heavy atom. The van der Waals surface area contributed by atoms with Crippen molar-refractivity contribution < 1.29 is 14.3 Å². The number of carbonyl (C=O) groups excluding carboxylic acids is 1. The molecule has 0 aliphatic heterocycles. The molecule has 0 spiro atoms. The predicted molar refractivity (Wildman–Crippen MR) is 126 cm³/mol. The van der Waals surface area contributed by atoms with Crippen molar-refractivity contribution in [3.8, 4) is 11.5 Å². The summed E-state index contributed by atoms with van der Waals surface area (Å²) in [6, 6.07) is 22.2. The number of aromatic nitrogens is 1. The molecular formula is C27H25NO4. The largest absolute Gasteiger partial charge is 0.494 e. The molecule has 0 saturated carbocycles. The molecule has 4 rings (SSSR count). The number of fused-ring (bicyclic) bond motifs is 1. The van der Waals surface area contributed by atoms with Gasteiger partial charge in [-0.1, -0.05) is 30.3 Å². The van der Waals surface area contributed by atoms with Crippen LogP contribution in [-0.4, -0.2) is 23.6 Å². The number of hydrogen-bond donors (Lipinski definition) is 0. The van der Waals surface area contributed by atoms with E-state index in [4.69, 9.17) is 9.47 Å². The van der Waals surface area contributed by atoms with Gasteiger partial charge >= 0.3 is 0 Å². The molecular weight excluding hydrogens is 402 g/mol. The molecule has 0 saturated heterocycles. The van der Waals surface area contributed by atoms with E-state index >= 15 is 0 Å². The molecule has 0 aliphatic carbocycles. The Hall–Kier alpha value is -3.86. The minimum absolute atomic E-state index is 0.131. The van der Waals surface area contributed by atoms with Gasteiger partial charge in [-0.25, -0.2) is 0 Å². The third-order valence-electron chi connectivity index (χ3n) is 5.23. The molecule has 0 radical (unpaired) electrons. The van der Waals surface area contributed by atoms with Crippen LogP contribution in [0.15, 0.2) is 83.8 Å². The zero-order chi connectivity index (χ0) is 22.5. The number of hydrogen-bond acceptors (Lipinski definition) is 4. The van der Waals surface area contributed by atoms with Crippen molar-refractivity contribution in [2.75, 3.05) is 13.2 Å². The van der Waals surface area contributed by atoms with Gasteiger partial charge in [-0.2, -0.15) is 0 Å². The fraction of sp³-hybridized carbons (Fsp3) is 0.185. The number of benzene rings is 3. The lowest BCUT2D eigenvalue weighted by Gasteiger charge is -2.15. The van der Waals surface area contributed by atoms with Crippen LogP contribution in [0.2, 0.25) is 0 Å². The monoisotopic (exact) mass is 427 g/mol. The summed E-state index contributed by atoms with van der Waals surface area (Å²) in [6.07, 6.45) is 1.66. The summed E-state index contributed by atoms with van der Waals surface area (Å²) in [4.78, 5) is 26.7. The van der Waals surface area contributed by atoms with Crippen LogP contribution < -0.4 is 14.9 Å². The van der Waals surface area contributed by atoms with Gasteiger partial charge in [-0.3, -0.25) is 9.59 Å². The van der Waals surface area contributed by atoms with Crippen LogP contribution in [0.1, 0.15) is 35.3 Å². The predicted octanol–water partition coefficient (Wildman–Crippen LogP) is 5.08. The van der Waals surface area contributed by atoms with Gasteiger partial charge in [-0.05, 0) is 61.9 Å². The smallest absolute Gasteiger partial charge is 0.200 e. The maximum absolute atomic E-state index is 13.4. The van der Waals surface area contributed by atoms with Gasteiger partial charge in [0, 0.05) is 18.3 Å². The molecule has 32 heavy (non-hydrogen) atoms. The third kappa shape index (κ3) is 4.42. The number of ether oxygens (including phenoxy) is 2. The molecule has 0 fully saturated rings. The van der Waals surface area contributed by atoms with Crippen molar-refractivity contribution in [1.29, 1.82) is 0 Å². The quantitative estimate of drug-likeness (QED) is 0.368. The molecule has 5 heteroatoms. The van der Waals surface area contributed by atoms with Gasteiger partial charge in [0.05, 0.1) is 29.7 Å². The fourth-order valence-electron chi connectivity index (χ4n) is 3.73. The summed E-state index contributed by atoms with van der Waals surface area (Å²) in [5, 5.41) is 0.462. The Kier molecular flexibility index (Phi) is 6.36. The third-order valence-corrected chi connectivity index (χ3v) is 5.23. The van der Waals surface area contributed by atoms with E-state index in [9.17, 15) is 9.59 Å². The second kappa shape index (κ2) is 9.52. The minimum atomic E-state index is -0.316. The second-order valence-corrected chi connectivity index (χ2v) is 7.38. The van der Waals surface area contributed by atoms with Crippen LogP contribution in [-0.2, 0) is 6.54 Å². The standard InChI is InChI=1S/C27H25NO4/c1-3-31-21-12-10-20(11-13-21)26(29)24-18-28(17-19-8-6-5-7-9-19)25-15-14-22(32-4-2)16-23(25)27(24)30/h5-16,18H,3-4,17H2,1-2H3. The van der Waals surface area contributed by atoms with Gasteiger partial charge in [0.1, 0.15) is 11.5 Å². The van der Waals surface area contributed by atoms with Crippen LogP contribution in [0, 0.1) is 0 Å². The lowest BCUT2D eigenvalue weighted by molar-refractivity contribution is 0.103. The molecule has 0 aliphatic rings. The molecule has 162 valence electrons. The van der Waals surface area contributed by atoms with E-state index in [0.717, 1.165) is 11.1 Å². The second-order valence-electron chi connectivity index (χ2n) is 7.38. The van der Waals surface area contributed by atoms with Crippen LogP contribution in [0.4, 0.5) is 0 Å². The average molecular weight is 428 g/mol. The van der Waals surface area contributed by atoms with Crippen LogP contribution in [0.25, 0.3) is 10.9 Å². The number of nitrogens with zero attached hydrogens (tertiary/aromatic N) is 1. The van der Waals surface area contributed by atoms with E-state index in [1.165, 1.54) is 0 Å². The molecule has 1 aromatic heterocycles. The minimum Gasteiger partial charge on any atom is -0.494 e. The highest BCUT2D eigenvalue weighted by Gasteiger charge is 2.18. The molecule has 0 unspecified atom stereocenters. The highest BCUT2D eigenvalue weighted by Crippen LogP contribution is 2.22. The Bertz CT molecular complexity index is 1290. The lowest BCUT2D eigenvalue weighted by Crippen LogP contribution is -2.20. The van der Waals surface area contributed by atoms with Gasteiger partial charge in [-0.15, -0.1) is 0 Å². The number of carbonyl (C=O) groups is 1. The van der Waals surface area contributed by atoms with Gasteiger partial charge < -0.3 is 14.0 Å². The molecule has 3 aromatic carbocycles. The maximum Gasteiger partial charge on any atom is 0.200 e. The van der Waals surface area contributed by atoms with Crippen molar-refractivity contribution in [1.82, 2.24) is 4.57 Å². The van der Waals surface area contributed by atoms with Crippen LogP contribution in [0.5, 0.6) is 11.5 Å². The van der Waals surface area contributed by atoms with E-state index in [1.54, 1.807) is 36.5 Å². The van der Waals surface area contributed by atoms with Crippen LogP contribution in [0.3, 0.4) is 0 Å². The summed E-state index contributed by atoms with van der Waals surface area (Å²) >= 11 is 0. The zero-order valence-electron chi connectivity index (χ0n) is 18.2. The summed E-state index contributed by atoms with van der Waals surface area (Å²) in [5.41, 5.74) is 2.10. The van der Waals surface area contributed by atoms with E-state index in [-0.39, 0.29) is 16.8 Å². The lowest BCUT2D eigenvalue weighted by atomic mass is 10.0. The Morgan fingerprint density at radius 1 is 0.844 bits per heavy atom. The Labute approximate surface area is 186 Å². The normalized spacial score (nSPS) is 10.8. The van der Waals surface area contributed by atoms with Crippen molar-refractivity contribution >= 4 is 16.7 Å². The first-order valence-corrected chi connectivity index (χ1v) is 10.7. The molecule has 0 atom stereocenters. The average Bonchev–Trinajstić information content (AvgIpc) is 2.82. The first-order chi connectivity index (χ1) is 15.6. The fourth-order valence-corrected chi connectivity index (χ4v) is 3.73. The molecule has 0 N–H and O–H groups in total. The molecule has 0 amide bonds. The Balaban J connectivity index is 1.84. The van der Waals surface area contributed by atoms with E-state index in [0.29, 0.717) is 42.2 Å². The van der Waals surface area contributed by atoms with Gasteiger partial charge in [0.2, 0.25) is 5.43 Å². The first kappa shape index (κ1) is 21.4. The van der Waals surface area contributed by atoms with Crippen molar-refractivity contribution in [2.24, 2.45) is 0 Å². The summed E-state index contributed by atoms with van der Waals surface area (Å²) in [6.45, 7) is 5.37. The summed E-state index contributed by atoms with van der Waals surface area (Å²) in [7, 11) is 0. The Morgan fingerprint density at radius 3 is 2.19 bits per heavy atom.